The van der Waals surface area contributed by atoms with E-state index in [-0.39, 0.29) is 12.5 Å². The summed E-state index contributed by atoms with van der Waals surface area (Å²) in [6.45, 7) is 1.80. The van der Waals surface area contributed by atoms with E-state index in [2.05, 4.69) is 10.1 Å². The lowest BCUT2D eigenvalue weighted by atomic mass is 10.2. The van der Waals surface area contributed by atoms with Crippen LogP contribution in [-0.2, 0) is 22.1 Å². The summed E-state index contributed by atoms with van der Waals surface area (Å²) in [5, 5.41) is 2.70. The number of benzene rings is 1. The maximum atomic E-state index is 12.1. The van der Waals surface area contributed by atoms with Crippen LogP contribution in [0.2, 0.25) is 0 Å². The van der Waals surface area contributed by atoms with Gasteiger partial charge in [0.2, 0.25) is 0 Å². The van der Waals surface area contributed by atoms with Crippen LogP contribution in [-0.4, -0.2) is 29.5 Å². The molecule has 0 aliphatic heterocycles. The summed E-state index contributed by atoms with van der Waals surface area (Å²) in [6, 6.07) is 8.07. The molecule has 0 unspecified atom stereocenters. The van der Waals surface area contributed by atoms with E-state index in [1.54, 1.807) is 43.5 Å². The van der Waals surface area contributed by atoms with Crippen molar-refractivity contribution < 1.29 is 23.0 Å². The molecule has 2 aromatic rings. The predicted molar refractivity (Wildman–Crippen MR) is 84.7 cm³/mol. The van der Waals surface area contributed by atoms with E-state index in [1.807, 2.05) is 0 Å². The van der Waals surface area contributed by atoms with E-state index in [1.165, 1.54) is 7.11 Å². The fourth-order valence-electron chi connectivity index (χ4n) is 2.01. The Bertz CT molecular complexity index is 748. The van der Waals surface area contributed by atoms with Crippen LogP contribution >= 0.6 is 0 Å². The van der Waals surface area contributed by atoms with E-state index in [4.69, 9.17) is 4.42 Å². The lowest BCUT2D eigenvalue weighted by molar-refractivity contribution is 0.0598. The van der Waals surface area contributed by atoms with Crippen LogP contribution in [0.4, 0.5) is 0 Å². The van der Waals surface area contributed by atoms with Crippen molar-refractivity contribution in [2.75, 3.05) is 13.4 Å². The molecule has 2 rings (SSSR count). The second-order valence-corrected chi connectivity index (χ2v) is 6.21. The first-order chi connectivity index (χ1) is 10.9. The Kier molecular flexibility index (Phi) is 5.33. The van der Waals surface area contributed by atoms with E-state index in [0.29, 0.717) is 27.5 Å². The van der Waals surface area contributed by atoms with Crippen molar-refractivity contribution in [2.45, 2.75) is 18.4 Å². The van der Waals surface area contributed by atoms with Gasteiger partial charge in [0.05, 0.1) is 13.7 Å². The van der Waals surface area contributed by atoms with Crippen molar-refractivity contribution in [3.63, 3.8) is 0 Å². The van der Waals surface area contributed by atoms with Crippen LogP contribution in [0.5, 0.6) is 0 Å². The van der Waals surface area contributed by atoms with Crippen LogP contribution in [0.1, 0.15) is 32.2 Å². The fourth-order valence-corrected chi connectivity index (χ4v) is 2.53. The molecular weight excluding hydrogens is 318 g/mol. The molecule has 0 radical (unpaired) electrons. The number of aryl methyl sites for hydroxylation is 1. The monoisotopic (exact) mass is 335 g/mol. The Hall–Kier alpha value is -2.41. The Labute approximate surface area is 136 Å². The second-order valence-electron chi connectivity index (χ2n) is 4.84. The molecule has 0 aliphatic rings. The summed E-state index contributed by atoms with van der Waals surface area (Å²) in [6.07, 6.45) is 1.58. The molecule has 6 nitrogen and oxygen atoms in total. The third kappa shape index (κ3) is 4.07. The van der Waals surface area contributed by atoms with Crippen molar-refractivity contribution in [1.82, 2.24) is 5.32 Å². The molecule has 0 fully saturated rings. The molecule has 1 N–H and O–H groups in total. The molecule has 1 amide bonds. The number of carbonyl (C=O) groups excluding carboxylic acids is 2. The minimum absolute atomic E-state index is 0.151. The van der Waals surface area contributed by atoms with Gasteiger partial charge in [0.1, 0.15) is 17.1 Å². The zero-order chi connectivity index (χ0) is 17.0. The van der Waals surface area contributed by atoms with Gasteiger partial charge in [-0.1, -0.05) is 0 Å². The van der Waals surface area contributed by atoms with Crippen molar-refractivity contribution in [2.24, 2.45) is 0 Å². The highest BCUT2D eigenvalue weighted by molar-refractivity contribution is 7.84. The van der Waals surface area contributed by atoms with Gasteiger partial charge in [-0.3, -0.25) is 9.00 Å². The summed E-state index contributed by atoms with van der Waals surface area (Å²) in [4.78, 5) is 24.2. The first-order valence-corrected chi connectivity index (χ1v) is 8.37. The van der Waals surface area contributed by atoms with Crippen molar-refractivity contribution in [3.05, 3.63) is 53.0 Å². The van der Waals surface area contributed by atoms with Crippen molar-refractivity contribution >= 4 is 22.7 Å². The smallest absolute Gasteiger partial charge is 0.341 e. The average Bonchev–Trinajstić information content (AvgIpc) is 2.92. The number of esters is 1. The van der Waals surface area contributed by atoms with Gasteiger partial charge in [-0.05, 0) is 37.3 Å². The molecule has 1 aromatic carbocycles. The zero-order valence-electron chi connectivity index (χ0n) is 13.0. The summed E-state index contributed by atoms with van der Waals surface area (Å²) < 4.78 is 21.4. The first-order valence-electron chi connectivity index (χ1n) is 6.81. The predicted octanol–water partition coefficient (Wildman–Crippen LogP) is 2.04. The standard InChI is InChI=1S/C16H17NO5S/c1-10-14(16(19)21-2)8-12(22-10)9-17-15(18)11-4-6-13(7-5-11)23(3)20/h4-8H,9H2,1-3H3,(H,17,18)/t23-/m1/s1. The Morgan fingerprint density at radius 3 is 2.48 bits per heavy atom. The number of hydrogen-bond acceptors (Lipinski definition) is 5. The molecule has 122 valence electrons. The van der Waals surface area contributed by atoms with Crippen molar-refractivity contribution in [1.29, 1.82) is 0 Å². The van der Waals surface area contributed by atoms with Gasteiger partial charge in [0.25, 0.3) is 5.91 Å². The third-order valence-electron chi connectivity index (χ3n) is 3.25. The zero-order valence-corrected chi connectivity index (χ0v) is 13.9. The Morgan fingerprint density at radius 1 is 1.26 bits per heavy atom. The summed E-state index contributed by atoms with van der Waals surface area (Å²) in [5.74, 6) is 0.137. The summed E-state index contributed by atoms with van der Waals surface area (Å²) in [7, 11) is 0.215. The van der Waals surface area contributed by atoms with Gasteiger partial charge < -0.3 is 14.5 Å². The molecule has 7 heteroatoms. The highest BCUT2D eigenvalue weighted by Crippen LogP contribution is 2.15. The molecule has 0 aliphatic carbocycles. The number of rotatable bonds is 5. The SMILES string of the molecule is COC(=O)c1cc(CNC(=O)c2ccc([S@@](C)=O)cc2)oc1C. The number of furan rings is 1. The highest BCUT2D eigenvalue weighted by atomic mass is 32.2. The molecule has 23 heavy (non-hydrogen) atoms. The molecule has 0 bridgehead atoms. The van der Waals surface area contributed by atoms with E-state index in [0.717, 1.165) is 0 Å². The topological polar surface area (TPSA) is 85.6 Å². The summed E-state index contributed by atoms with van der Waals surface area (Å²) in [5.41, 5.74) is 0.794. The van der Waals surface area contributed by atoms with Crippen LogP contribution < -0.4 is 5.32 Å². The molecule has 0 saturated carbocycles. The fraction of sp³-hybridized carbons (Fsp3) is 0.250. The van der Waals surface area contributed by atoms with Crippen LogP contribution in [0.15, 0.2) is 39.6 Å². The van der Waals surface area contributed by atoms with E-state index >= 15 is 0 Å². The lowest BCUT2D eigenvalue weighted by Gasteiger charge is -2.04. The maximum absolute atomic E-state index is 12.1. The van der Waals surface area contributed by atoms with Crippen LogP contribution in [0.3, 0.4) is 0 Å². The van der Waals surface area contributed by atoms with E-state index < -0.39 is 16.8 Å². The minimum Gasteiger partial charge on any atom is -0.465 e. The van der Waals surface area contributed by atoms with Gasteiger partial charge >= 0.3 is 5.97 Å². The number of amides is 1. The van der Waals surface area contributed by atoms with Gasteiger partial charge in [-0.2, -0.15) is 0 Å². The maximum Gasteiger partial charge on any atom is 0.341 e. The number of ether oxygens (including phenoxy) is 1. The minimum atomic E-state index is -1.08. The lowest BCUT2D eigenvalue weighted by Crippen LogP contribution is -2.22. The largest absolute Gasteiger partial charge is 0.465 e. The summed E-state index contributed by atoms with van der Waals surface area (Å²) >= 11 is 0. The molecule has 1 atom stereocenters. The molecule has 0 saturated heterocycles. The van der Waals surface area contributed by atoms with Crippen molar-refractivity contribution in [3.8, 4) is 0 Å². The number of methoxy groups -OCH3 is 1. The number of hydrogen-bond donors (Lipinski definition) is 1. The van der Waals surface area contributed by atoms with Gasteiger partial charge in [-0.15, -0.1) is 0 Å². The molecular formula is C16H17NO5S. The normalized spacial score (nSPS) is 11.8. The van der Waals surface area contributed by atoms with Crippen LogP contribution in [0, 0.1) is 6.92 Å². The number of nitrogens with one attached hydrogen (secondary N) is 1. The second kappa shape index (κ2) is 7.23. The average molecular weight is 335 g/mol. The van der Waals surface area contributed by atoms with Gasteiger partial charge in [-0.25, -0.2) is 4.79 Å². The first kappa shape index (κ1) is 17.0. The number of carbonyl (C=O) groups is 2. The molecule has 1 aromatic heterocycles. The quantitative estimate of drug-likeness (QED) is 0.845. The van der Waals surface area contributed by atoms with Gasteiger partial charge in [0.15, 0.2) is 0 Å². The highest BCUT2D eigenvalue weighted by Gasteiger charge is 2.16. The molecule has 0 spiro atoms. The van der Waals surface area contributed by atoms with E-state index in [9.17, 15) is 13.8 Å². The Morgan fingerprint density at radius 2 is 1.91 bits per heavy atom. The Balaban J connectivity index is 2.01. The third-order valence-corrected chi connectivity index (χ3v) is 4.18. The van der Waals surface area contributed by atoms with Crippen LogP contribution in [0.25, 0.3) is 0 Å². The molecule has 1 heterocycles. The van der Waals surface area contributed by atoms with Gasteiger partial charge in [0, 0.05) is 27.5 Å².